The van der Waals surface area contributed by atoms with Crippen LogP contribution in [0.2, 0.25) is 0 Å². The molecule has 0 aromatic carbocycles. The SMILES string of the molecule is Cc1nc(Cn2c(C)cc3c2CC(C)(C)CC3O)no1. The minimum absolute atomic E-state index is 0.113. The fraction of sp³-hybridized carbons (Fsp3) is 0.600. The van der Waals surface area contributed by atoms with Crippen molar-refractivity contribution in [1.29, 1.82) is 0 Å². The van der Waals surface area contributed by atoms with E-state index in [-0.39, 0.29) is 11.5 Å². The van der Waals surface area contributed by atoms with Gasteiger partial charge in [0, 0.05) is 23.9 Å². The highest BCUT2D eigenvalue weighted by Crippen LogP contribution is 2.42. The van der Waals surface area contributed by atoms with Gasteiger partial charge in [-0.15, -0.1) is 0 Å². The first-order chi connectivity index (χ1) is 9.35. The summed E-state index contributed by atoms with van der Waals surface area (Å²) in [6.45, 7) is 8.85. The molecule has 1 atom stereocenters. The molecule has 2 aromatic heterocycles. The molecule has 2 aromatic rings. The molecule has 0 spiro atoms. The lowest BCUT2D eigenvalue weighted by molar-refractivity contribution is 0.0980. The molecule has 1 N–H and O–H groups in total. The second-order valence-electron chi connectivity index (χ2n) is 6.56. The third kappa shape index (κ3) is 2.26. The normalized spacial score (nSPS) is 20.9. The smallest absolute Gasteiger partial charge is 0.223 e. The van der Waals surface area contributed by atoms with Crippen molar-refractivity contribution in [3.63, 3.8) is 0 Å². The molecule has 0 radical (unpaired) electrons. The van der Waals surface area contributed by atoms with Crippen molar-refractivity contribution in [2.24, 2.45) is 5.41 Å². The maximum atomic E-state index is 10.3. The monoisotopic (exact) mass is 275 g/mol. The summed E-state index contributed by atoms with van der Waals surface area (Å²) < 4.78 is 7.23. The van der Waals surface area contributed by atoms with Gasteiger partial charge < -0.3 is 14.2 Å². The largest absolute Gasteiger partial charge is 0.388 e. The summed E-state index contributed by atoms with van der Waals surface area (Å²) in [5.74, 6) is 1.26. The minimum Gasteiger partial charge on any atom is -0.388 e. The number of fused-ring (bicyclic) bond motifs is 1. The lowest BCUT2D eigenvalue weighted by atomic mass is 9.75. The summed E-state index contributed by atoms with van der Waals surface area (Å²) in [7, 11) is 0. The van der Waals surface area contributed by atoms with Gasteiger partial charge >= 0.3 is 0 Å². The molecule has 0 fully saturated rings. The minimum atomic E-state index is -0.374. The molecule has 0 saturated heterocycles. The highest BCUT2D eigenvalue weighted by Gasteiger charge is 2.34. The van der Waals surface area contributed by atoms with Gasteiger partial charge in [-0.1, -0.05) is 19.0 Å². The Balaban J connectivity index is 2.00. The fourth-order valence-electron chi connectivity index (χ4n) is 3.17. The Morgan fingerprint density at radius 2 is 2.20 bits per heavy atom. The van der Waals surface area contributed by atoms with E-state index in [4.69, 9.17) is 4.52 Å². The van der Waals surface area contributed by atoms with E-state index in [0.29, 0.717) is 18.3 Å². The number of hydrogen-bond donors (Lipinski definition) is 1. The van der Waals surface area contributed by atoms with Crippen LogP contribution in [-0.4, -0.2) is 19.8 Å². The van der Waals surface area contributed by atoms with Crippen molar-refractivity contribution in [3.8, 4) is 0 Å². The van der Waals surface area contributed by atoms with Gasteiger partial charge in [-0.25, -0.2) is 0 Å². The van der Waals surface area contributed by atoms with Gasteiger partial charge in [0.1, 0.15) is 0 Å². The van der Waals surface area contributed by atoms with Gasteiger partial charge in [-0.2, -0.15) is 4.98 Å². The second kappa shape index (κ2) is 4.45. The summed E-state index contributed by atoms with van der Waals surface area (Å²) in [6.07, 6.45) is 1.40. The number of aliphatic hydroxyl groups excluding tert-OH is 1. The van der Waals surface area contributed by atoms with Crippen LogP contribution in [0.15, 0.2) is 10.6 Å². The third-order valence-electron chi connectivity index (χ3n) is 4.07. The van der Waals surface area contributed by atoms with E-state index in [1.165, 1.54) is 5.69 Å². The maximum absolute atomic E-state index is 10.3. The van der Waals surface area contributed by atoms with Gasteiger partial charge in [0.25, 0.3) is 0 Å². The first-order valence-electron chi connectivity index (χ1n) is 7.02. The van der Waals surface area contributed by atoms with Crippen LogP contribution in [0.25, 0.3) is 0 Å². The molecule has 108 valence electrons. The number of aryl methyl sites for hydroxylation is 2. The maximum Gasteiger partial charge on any atom is 0.223 e. The van der Waals surface area contributed by atoms with E-state index in [1.807, 2.05) is 0 Å². The lowest BCUT2D eigenvalue weighted by Gasteiger charge is -2.33. The zero-order chi connectivity index (χ0) is 14.5. The zero-order valence-electron chi connectivity index (χ0n) is 12.5. The Labute approximate surface area is 118 Å². The summed E-state index contributed by atoms with van der Waals surface area (Å²) >= 11 is 0. The second-order valence-corrected chi connectivity index (χ2v) is 6.56. The van der Waals surface area contributed by atoms with Crippen molar-refractivity contribution in [2.75, 3.05) is 0 Å². The standard InChI is InChI=1S/C15H21N3O2/c1-9-5-11-12(6-15(3,4)7-13(11)19)18(9)8-14-16-10(2)20-17-14/h5,13,19H,6-8H2,1-4H3. The summed E-state index contributed by atoms with van der Waals surface area (Å²) in [5.41, 5.74) is 3.51. The molecule has 1 aliphatic rings. The van der Waals surface area contributed by atoms with E-state index in [9.17, 15) is 5.11 Å². The fourth-order valence-corrected chi connectivity index (χ4v) is 3.17. The van der Waals surface area contributed by atoms with E-state index in [2.05, 4.69) is 41.5 Å². The average molecular weight is 275 g/mol. The predicted octanol–water partition coefficient (Wildman–Crippen LogP) is 2.54. The van der Waals surface area contributed by atoms with Gasteiger partial charge in [0.2, 0.25) is 5.89 Å². The number of aliphatic hydroxyl groups is 1. The lowest BCUT2D eigenvalue weighted by Crippen LogP contribution is -2.27. The van der Waals surface area contributed by atoms with Crippen LogP contribution in [0.1, 0.15) is 55.0 Å². The summed E-state index contributed by atoms with van der Waals surface area (Å²) in [4.78, 5) is 4.27. The van der Waals surface area contributed by atoms with Crippen molar-refractivity contribution < 1.29 is 9.63 Å². The molecule has 20 heavy (non-hydrogen) atoms. The van der Waals surface area contributed by atoms with Crippen molar-refractivity contribution in [3.05, 3.63) is 34.7 Å². The highest BCUT2D eigenvalue weighted by molar-refractivity contribution is 5.33. The van der Waals surface area contributed by atoms with Crippen LogP contribution < -0.4 is 0 Å². The van der Waals surface area contributed by atoms with Crippen LogP contribution in [0, 0.1) is 19.3 Å². The molecular formula is C15H21N3O2. The summed E-state index contributed by atoms with van der Waals surface area (Å²) in [6, 6.07) is 2.09. The Bertz CT molecular complexity index is 640. The topological polar surface area (TPSA) is 64.1 Å². The Morgan fingerprint density at radius 1 is 1.45 bits per heavy atom. The predicted molar refractivity (Wildman–Crippen MR) is 74.4 cm³/mol. The van der Waals surface area contributed by atoms with E-state index >= 15 is 0 Å². The highest BCUT2D eigenvalue weighted by atomic mass is 16.5. The first-order valence-corrected chi connectivity index (χ1v) is 7.02. The van der Waals surface area contributed by atoms with Crippen LogP contribution in [0.5, 0.6) is 0 Å². The van der Waals surface area contributed by atoms with Crippen LogP contribution in [0.3, 0.4) is 0 Å². The first kappa shape index (κ1) is 13.4. The Morgan fingerprint density at radius 3 is 2.85 bits per heavy atom. The van der Waals surface area contributed by atoms with Crippen LogP contribution >= 0.6 is 0 Å². The van der Waals surface area contributed by atoms with E-state index < -0.39 is 0 Å². The average Bonchev–Trinajstić information content (AvgIpc) is 2.86. The molecule has 1 aliphatic carbocycles. The molecular weight excluding hydrogens is 254 g/mol. The van der Waals surface area contributed by atoms with Gasteiger partial charge in [0.05, 0.1) is 12.6 Å². The number of hydrogen-bond acceptors (Lipinski definition) is 4. The van der Waals surface area contributed by atoms with Crippen LogP contribution in [0.4, 0.5) is 0 Å². The quantitative estimate of drug-likeness (QED) is 0.914. The molecule has 0 saturated carbocycles. The van der Waals surface area contributed by atoms with E-state index in [0.717, 1.165) is 24.1 Å². The van der Waals surface area contributed by atoms with Gasteiger partial charge in [-0.3, -0.25) is 0 Å². The van der Waals surface area contributed by atoms with Crippen LogP contribution in [-0.2, 0) is 13.0 Å². The van der Waals surface area contributed by atoms with Crippen molar-refractivity contribution in [1.82, 2.24) is 14.7 Å². The molecule has 0 aliphatic heterocycles. The zero-order valence-corrected chi connectivity index (χ0v) is 12.5. The summed E-state index contributed by atoms with van der Waals surface area (Å²) in [5, 5.41) is 14.3. The molecule has 5 heteroatoms. The van der Waals surface area contributed by atoms with Crippen molar-refractivity contribution >= 4 is 0 Å². The van der Waals surface area contributed by atoms with Gasteiger partial charge in [0.15, 0.2) is 5.82 Å². The van der Waals surface area contributed by atoms with Crippen molar-refractivity contribution in [2.45, 2.75) is 53.2 Å². The molecule has 5 nitrogen and oxygen atoms in total. The van der Waals surface area contributed by atoms with E-state index in [1.54, 1.807) is 6.92 Å². The Kier molecular flexibility index (Phi) is 2.97. The number of aromatic nitrogens is 3. The molecule has 1 unspecified atom stereocenters. The van der Waals surface area contributed by atoms with Gasteiger partial charge in [-0.05, 0) is 31.2 Å². The third-order valence-corrected chi connectivity index (χ3v) is 4.07. The molecule has 2 heterocycles. The molecule has 3 rings (SSSR count). The Hall–Kier alpha value is -1.62. The molecule has 0 amide bonds. The number of nitrogens with zero attached hydrogens (tertiary/aromatic N) is 3. The number of rotatable bonds is 2. The molecule has 0 bridgehead atoms.